The van der Waals surface area contributed by atoms with Crippen LogP contribution in [0, 0.1) is 0 Å². The Labute approximate surface area is 139 Å². The normalized spacial score (nSPS) is 23.1. The van der Waals surface area contributed by atoms with Crippen LogP contribution in [-0.2, 0) is 4.57 Å². The number of halogens is 8. The van der Waals surface area contributed by atoms with E-state index in [-0.39, 0.29) is 13.0 Å². The molecule has 13 heteroatoms. The second-order valence-electron chi connectivity index (χ2n) is 5.96. The van der Waals surface area contributed by atoms with Crippen LogP contribution in [-0.4, -0.2) is 58.0 Å². The second-order valence-corrected chi connectivity index (χ2v) is 6.52. The molecule has 0 aromatic carbocycles. The summed E-state index contributed by atoms with van der Waals surface area (Å²) in [6, 6.07) is 0. The summed E-state index contributed by atoms with van der Waals surface area (Å²) in [6.07, 6.45) is -8.44. The second kappa shape index (κ2) is 9.48. The first-order valence-electron chi connectivity index (χ1n) is 7.13. The zero-order chi connectivity index (χ0) is 20.1. The SMILES string of the molecule is CC1(CC(F)(F)C(F)F)CCCCN1CC(F)(F)C(F)F.O=[PH](O)O. The van der Waals surface area contributed by atoms with Crippen molar-refractivity contribution in [1.82, 2.24) is 4.90 Å². The molecule has 2 N–H and O–H groups in total. The Morgan fingerprint density at radius 1 is 1.04 bits per heavy atom. The average molecular weight is 409 g/mol. The highest BCUT2D eigenvalue weighted by Gasteiger charge is 2.52. The molecular formula is C12H20F8NO3P. The minimum atomic E-state index is -4.36. The summed E-state index contributed by atoms with van der Waals surface area (Å²) in [6.45, 7) is -0.372. The van der Waals surface area contributed by atoms with Crippen molar-refractivity contribution in [2.75, 3.05) is 13.1 Å². The van der Waals surface area contributed by atoms with E-state index in [4.69, 9.17) is 14.4 Å². The highest BCUT2D eigenvalue weighted by Crippen LogP contribution is 2.41. The molecule has 0 aromatic rings. The summed E-state index contributed by atoms with van der Waals surface area (Å²) < 4.78 is 111. The Morgan fingerprint density at radius 3 is 1.88 bits per heavy atom. The predicted octanol–water partition coefficient (Wildman–Crippen LogP) is 3.78. The van der Waals surface area contributed by atoms with Crippen LogP contribution >= 0.6 is 8.25 Å². The fourth-order valence-corrected chi connectivity index (χ4v) is 2.62. The lowest BCUT2D eigenvalue weighted by atomic mass is 9.83. The molecule has 0 saturated carbocycles. The summed E-state index contributed by atoms with van der Waals surface area (Å²) in [4.78, 5) is 15.1. The Balaban J connectivity index is 0.00000129. The molecule has 1 heterocycles. The molecule has 1 atom stereocenters. The molecule has 0 spiro atoms. The maximum atomic E-state index is 13.2. The molecule has 1 fully saturated rings. The van der Waals surface area contributed by atoms with Crippen molar-refractivity contribution in [2.24, 2.45) is 0 Å². The molecule has 152 valence electrons. The van der Waals surface area contributed by atoms with Gasteiger partial charge in [0.05, 0.1) is 6.54 Å². The van der Waals surface area contributed by atoms with Crippen LogP contribution in [0.15, 0.2) is 0 Å². The highest BCUT2D eigenvalue weighted by molar-refractivity contribution is 7.30. The van der Waals surface area contributed by atoms with E-state index in [9.17, 15) is 35.1 Å². The van der Waals surface area contributed by atoms with Gasteiger partial charge in [0, 0.05) is 12.0 Å². The maximum absolute atomic E-state index is 13.2. The van der Waals surface area contributed by atoms with Crippen LogP contribution in [0.3, 0.4) is 0 Å². The molecule has 0 aliphatic carbocycles. The minimum absolute atomic E-state index is 0.0192. The lowest BCUT2D eigenvalue weighted by Gasteiger charge is -2.47. The van der Waals surface area contributed by atoms with Crippen LogP contribution in [0.4, 0.5) is 35.1 Å². The largest absolute Gasteiger partial charge is 0.326 e. The standard InChI is InChI=1S/C12H17F8N.H3O3P/c1-10(6-11(17,18)8(13)14)4-2-3-5-21(10)7-12(19,20)9(15)16;1-4(2)3/h8-9H,2-7H2,1H3;4H,(H2,1,2,3). The fourth-order valence-electron chi connectivity index (χ4n) is 2.62. The first kappa shape index (κ1) is 24.6. The third kappa shape index (κ3) is 8.19. The molecule has 0 radical (unpaired) electrons. The molecule has 4 nitrogen and oxygen atoms in total. The van der Waals surface area contributed by atoms with Crippen molar-refractivity contribution < 1.29 is 49.5 Å². The maximum Gasteiger partial charge on any atom is 0.319 e. The monoisotopic (exact) mass is 409 g/mol. The minimum Gasteiger partial charge on any atom is -0.326 e. The third-order valence-electron chi connectivity index (χ3n) is 3.81. The van der Waals surface area contributed by atoms with Gasteiger partial charge in [-0.15, -0.1) is 0 Å². The Morgan fingerprint density at radius 2 is 1.48 bits per heavy atom. The lowest BCUT2D eigenvalue weighted by Crippen LogP contribution is -2.57. The van der Waals surface area contributed by atoms with Gasteiger partial charge in [-0.2, -0.15) is 8.78 Å². The molecule has 1 aliphatic rings. The number of alkyl halides is 8. The highest BCUT2D eigenvalue weighted by atomic mass is 31.1. The summed E-state index contributed by atoms with van der Waals surface area (Å²) in [5, 5.41) is 0. The van der Waals surface area contributed by atoms with E-state index in [1.54, 1.807) is 0 Å². The number of nitrogens with zero attached hydrogens (tertiary/aromatic N) is 1. The zero-order valence-corrected chi connectivity index (χ0v) is 14.2. The molecular weight excluding hydrogens is 389 g/mol. The number of piperidine rings is 1. The van der Waals surface area contributed by atoms with Crippen LogP contribution in [0.1, 0.15) is 32.6 Å². The van der Waals surface area contributed by atoms with Gasteiger partial charge in [-0.05, 0) is 26.3 Å². The van der Waals surface area contributed by atoms with E-state index in [1.165, 1.54) is 0 Å². The summed E-state index contributed by atoms with van der Waals surface area (Å²) in [7, 11) is -3.13. The van der Waals surface area contributed by atoms with E-state index in [1.807, 2.05) is 0 Å². The van der Waals surface area contributed by atoms with Gasteiger partial charge in [0.1, 0.15) is 0 Å². The summed E-state index contributed by atoms with van der Waals surface area (Å²) in [5.74, 6) is -8.71. The molecule has 1 aliphatic heterocycles. The zero-order valence-electron chi connectivity index (χ0n) is 13.2. The van der Waals surface area contributed by atoms with E-state index < -0.39 is 51.5 Å². The van der Waals surface area contributed by atoms with Gasteiger partial charge in [-0.1, -0.05) is 6.42 Å². The molecule has 1 unspecified atom stereocenters. The van der Waals surface area contributed by atoms with Gasteiger partial charge in [0.25, 0.3) is 0 Å². The van der Waals surface area contributed by atoms with Crippen molar-refractivity contribution >= 4 is 8.25 Å². The fraction of sp³-hybridized carbons (Fsp3) is 1.00. The number of hydrogen-bond donors (Lipinski definition) is 2. The van der Waals surface area contributed by atoms with E-state index in [0.29, 0.717) is 12.8 Å². The topological polar surface area (TPSA) is 60.8 Å². The number of hydrogen-bond acceptors (Lipinski definition) is 2. The third-order valence-corrected chi connectivity index (χ3v) is 3.81. The average Bonchev–Trinajstić information content (AvgIpc) is 2.39. The Kier molecular flexibility index (Phi) is 9.30. The van der Waals surface area contributed by atoms with Gasteiger partial charge >= 0.3 is 33.0 Å². The summed E-state index contributed by atoms with van der Waals surface area (Å²) >= 11 is 0. The Hall–Kier alpha value is -0.450. The van der Waals surface area contributed by atoms with E-state index >= 15 is 0 Å². The van der Waals surface area contributed by atoms with E-state index in [2.05, 4.69) is 0 Å². The van der Waals surface area contributed by atoms with Crippen molar-refractivity contribution in [3.8, 4) is 0 Å². The van der Waals surface area contributed by atoms with E-state index in [0.717, 1.165) is 11.8 Å². The smallest absolute Gasteiger partial charge is 0.319 e. The predicted molar refractivity (Wildman–Crippen MR) is 73.8 cm³/mol. The van der Waals surface area contributed by atoms with Crippen LogP contribution in [0.2, 0.25) is 0 Å². The van der Waals surface area contributed by atoms with Crippen LogP contribution in [0.25, 0.3) is 0 Å². The molecule has 1 saturated heterocycles. The van der Waals surface area contributed by atoms with Crippen LogP contribution < -0.4 is 0 Å². The van der Waals surface area contributed by atoms with Gasteiger partial charge in [0.15, 0.2) is 0 Å². The molecule has 0 amide bonds. The van der Waals surface area contributed by atoms with Crippen molar-refractivity contribution in [2.45, 2.75) is 62.8 Å². The molecule has 0 aromatic heterocycles. The van der Waals surface area contributed by atoms with Gasteiger partial charge in [-0.25, -0.2) is 26.3 Å². The van der Waals surface area contributed by atoms with Crippen molar-refractivity contribution in [3.05, 3.63) is 0 Å². The van der Waals surface area contributed by atoms with Crippen molar-refractivity contribution in [3.63, 3.8) is 0 Å². The van der Waals surface area contributed by atoms with Crippen LogP contribution in [0.5, 0.6) is 0 Å². The van der Waals surface area contributed by atoms with Crippen molar-refractivity contribution in [1.29, 1.82) is 0 Å². The molecule has 0 bridgehead atoms. The molecule has 25 heavy (non-hydrogen) atoms. The summed E-state index contributed by atoms with van der Waals surface area (Å²) in [5.41, 5.74) is -1.66. The number of rotatable bonds is 6. The quantitative estimate of drug-likeness (QED) is 0.518. The van der Waals surface area contributed by atoms with Gasteiger partial charge < -0.3 is 9.79 Å². The van der Waals surface area contributed by atoms with Gasteiger partial charge in [-0.3, -0.25) is 9.46 Å². The first-order valence-corrected chi connectivity index (χ1v) is 8.43. The first-order chi connectivity index (χ1) is 11.1. The number of likely N-dealkylation sites (tertiary alicyclic amines) is 1. The van der Waals surface area contributed by atoms with Gasteiger partial charge in [0.2, 0.25) is 0 Å². The molecule has 1 rings (SSSR count). The lowest BCUT2D eigenvalue weighted by molar-refractivity contribution is -0.182. The Bertz CT molecular complexity index is 437.